The van der Waals surface area contributed by atoms with E-state index < -0.39 is 0 Å². The smallest absolute Gasteiger partial charge is 0.0624 e. The van der Waals surface area contributed by atoms with Gasteiger partial charge in [-0.2, -0.15) is 0 Å². The molecule has 0 aromatic heterocycles. The molecule has 15 fully saturated rings. The summed E-state index contributed by atoms with van der Waals surface area (Å²) in [6, 6.07) is 5.61. The van der Waals surface area contributed by atoms with Crippen LogP contribution in [0.2, 0.25) is 0 Å². The average Bonchev–Trinajstić information content (AvgIpc) is 4.03. The van der Waals surface area contributed by atoms with E-state index in [2.05, 4.69) is 128 Å². The molecule has 368 valence electrons. The van der Waals surface area contributed by atoms with E-state index in [4.69, 9.17) is 4.74 Å². The Balaban J connectivity index is 0.000000102. The maximum atomic E-state index is 5.97. The maximum absolute atomic E-state index is 5.97. The molecule has 9 aliphatic heterocycles. The highest BCUT2D eigenvalue weighted by Crippen LogP contribution is 2.53. The summed E-state index contributed by atoms with van der Waals surface area (Å²) in [6.07, 6.45) is 27.9. The third-order valence-electron chi connectivity index (χ3n) is 20.2. The van der Waals surface area contributed by atoms with Gasteiger partial charge < -0.3 is 4.74 Å². The minimum absolute atomic E-state index is 0.351. The lowest BCUT2D eigenvalue weighted by molar-refractivity contribution is -0.103. The highest BCUT2D eigenvalue weighted by Gasteiger charge is 2.55. The van der Waals surface area contributed by atoms with Crippen LogP contribution in [-0.4, -0.2) is 127 Å². The quantitative estimate of drug-likeness (QED) is 0.240. The van der Waals surface area contributed by atoms with E-state index in [1.165, 1.54) is 129 Å². The first-order valence-electron chi connectivity index (χ1n) is 28.3. The van der Waals surface area contributed by atoms with Crippen molar-refractivity contribution in [3.8, 4) is 0 Å². The molecule has 8 unspecified atom stereocenters. The van der Waals surface area contributed by atoms with Crippen LogP contribution in [0, 0.1) is 47.3 Å². The summed E-state index contributed by atoms with van der Waals surface area (Å²) in [5, 5.41) is 0. The fraction of sp³-hybridized carbons (Fsp3) is 1.00. The summed E-state index contributed by atoms with van der Waals surface area (Å²) in [4.78, 5) is 13.7. The van der Waals surface area contributed by atoms with Crippen molar-refractivity contribution < 1.29 is 4.74 Å². The molecule has 0 spiro atoms. The Morgan fingerprint density at radius 3 is 0.828 bits per heavy atom. The van der Waals surface area contributed by atoms with Crippen LogP contribution in [0.3, 0.4) is 0 Å². The number of ether oxygens (including phenoxy) is 1. The second kappa shape index (κ2) is 17.9. The van der Waals surface area contributed by atoms with Crippen molar-refractivity contribution in [2.24, 2.45) is 47.3 Å². The van der Waals surface area contributed by atoms with Crippen LogP contribution in [0.5, 0.6) is 0 Å². The van der Waals surface area contributed by atoms with Crippen molar-refractivity contribution in [1.29, 1.82) is 0 Å². The normalized spacial score (nSPS) is 44.3. The SMILES string of the molecule is CC(C)(C)N1C2CC3CC(C2)CC1C3.CC(C)(C)N1C2CC3CC(C2)CC1C3.CC(C)(C)N1CC2C3CCC(O3)C2C1.CC(C)(C)N1CC2CCC1C2.CC(C)(C)N1CC2CCC1C2. The van der Waals surface area contributed by atoms with E-state index >= 15 is 0 Å². The summed E-state index contributed by atoms with van der Waals surface area (Å²) < 4.78 is 5.97. The van der Waals surface area contributed by atoms with E-state index in [1.54, 1.807) is 12.8 Å². The Bertz CT molecular complexity index is 1410. The van der Waals surface area contributed by atoms with Crippen molar-refractivity contribution >= 4 is 0 Å². The topological polar surface area (TPSA) is 25.4 Å². The third-order valence-corrected chi connectivity index (χ3v) is 20.2. The molecular weight excluding hydrogens is 783 g/mol. The van der Waals surface area contributed by atoms with Gasteiger partial charge in [-0.05, 0) is 255 Å². The Labute approximate surface area is 396 Å². The zero-order valence-electron chi connectivity index (χ0n) is 44.9. The fourth-order valence-electron chi connectivity index (χ4n) is 18.3. The van der Waals surface area contributed by atoms with Crippen molar-refractivity contribution in [1.82, 2.24) is 24.5 Å². The third kappa shape index (κ3) is 10.3. The van der Waals surface area contributed by atoms with E-state index in [0.29, 0.717) is 39.9 Å². The van der Waals surface area contributed by atoms with Gasteiger partial charge in [0.2, 0.25) is 0 Å². The van der Waals surface area contributed by atoms with Crippen LogP contribution in [0.15, 0.2) is 0 Å². The largest absolute Gasteiger partial charge is 0.374 e. The summed E-state index contributed by atoms with van der Waals surface area (Å²) in [5.41, 5.74) is 1.99. The van der Waals surface area contributed by atoms with Gasteiger partial charge in [-0.15, -0.1) is 0 Å². The molecule has 14 bridgehead atoms. The molecule has 6 saturated carbocycles. The predicted molar refractivity (Wildman–Crippen MR) is 270 cm³/mol. The van der Waals surface area contributed by atoms with Crippen molar-refractivity contribution in [2.45, 2.75) is 296 Å². The lowest BCUT2D eigenvalue weighted by atomic mass is 9.62. The molecule has 6 nitrogen and oxygen atoms in total. The van der Waals surface area contributed by atoms with Crippen LogP contribution in [0.4, 0.5) is 0 Å². The summed E-state index contributed by atoms with van der Waals surface area (Å²) >= 11 is 0. The zero-order valence-corrected chi connectivity index (χ0v) is 44.9. The van der Waals surface area contributed by atoms with Crippen LogP contribution < -0.4 is 0 Å². The number of rotatable bonds is 0. The van der Waals surface area contributed by atoms with Crippen molar-refractivity contribution in [3.05, 3.63) is 0 Å². The molecule has 15 rings (SSSR count). The van der Waals surface area contributed by atoms with Gasteiger partial charge in [0.25, 0.3) is 0 Å². The van der Waals surface area contributed by atoms with Gasteiger partial charge in [0.15, 0.2) is 0 Å². The summed E-state index contributed by atoms with van der Waals surface area (Å²) in [5.74, 6) is 8.17. The number of likely N-dealkylation sites (tertiary alicyclic amines) is 3. The summed E-state index contributed by atoms with van der Waals surface area (Å²) in [6.45, 7) is 40.7. The van der Waals surface area contributed by atoms with Gasteiger partial charge in [-0.25, -0.2) is 0 Å². The van der Waals surface area contributed by atoms with Crippen LogP contribution in [0.1, 0.15) is 219 Å². The summed E-state index contributed by atoms with van der Waals surface area (Å²) in [7, 11) is 0. The highest BCUT2D eigenvalue weighted by atomic mass is 16.5. The minimum atomic E-state index is 0.351. The first kappa shape index (κ1) is 48.8. The zero-order chi connectivity index (χ0) is 45.9. The number of hydrogen-bond donors (Lipinski definition) is 0. The molecule has 0 amide bonds. The standard InChI is InChI=1S/2C13H23N.C12H21NO.2C10H19N/c2*1-13(2,3)14-11-5-9-4-10(7-11)8-12(14)6-9;1-12(2,3)13-6-8-9(7-13)11-5-4-10(8)14-11;2*1-10(2,3)11-7-8-4-5-9(11)6-8/h2*9-12H,4-8H2,1-3H3;8-11H,4-7H2,1-3H3;2*8-9H,4-7H2,1-3H3. The number of piperidine rings is 6. The minimum Gasteiger partial charge on any atom is -0.374 e. The first-order valence-corrected chi connectivity index (χ1v) is 28.3. The van der Waals surface area contributed by atoms with Gasteiger partial charge in [0.05, 0.1) is 12.2 Å². The maximum Gasteiger partial charge on any atom is 0.0624 e. The highest BCUT2D eigenvalue weighted by molar-refractivity contribution is 5.07. The molecule has 9 saturated heterocycles. The van der Waals surface area contributed by atoms with Crippen LogP contribution in [-0.2, 0) is 4.74 Å². The molecule has 6 aliphatic carbocycles. The fourth-order valence-corrected chi connectivity index (χ4v) is 18.3. The van der Waals surface area contributed by atoms with Gasteiger partial charge in [-0.3, -0.25) is 24.5 Å². The molecule has 15 aliphatic rings. The van der Waals surface area contributed by atoms with E-state index in [9.17, 15) is 0 Å². The second-order valence-electron chi connectivity index (χ2n) is 30.1. The molecule has 64 heavy (non-hydrogen) atoms. The van der Waals surface area contributed by atoms with Crippen LogP contribution >= 0.6 is 0 Å². The lowest BCUT2D eigenvalue weighted by Crippen LogP contribution is -2.63. The first-order chi connectivity index (χ1) is 29.8. The van der Waals surface area contributed by atoms with E-state index in [0.717, 1.165) is 83.6 Å². The Morgan fingerprint density at radius 1 is 0.297 bits per heavy atom. The Hall–Kier alpha value is -0.240. The molecule has 0 radical (unpaired) electrons. The van der Waals surface area contributed by atoms with Gasteiger partial charge in [-0.1, -0.05) is 0 Å². The molecule has 6 heteroatoms. The van der Waals surface area contributed by atoms with Gasteiger partial charge >= 0.3 is 0 Å². The molecule has 0 N–H and O–H groups in total. The monoisotopic (exact) mass is 888 g/mol. The van der Waals surface area contributed by atoms with E-state index in [-0.39, 0.29) is 0 Å². The molecule has 0 aromatic carbocycles. The lowest BCUT2D eigenvalue weighted by Gasteiger charge is -2.60. The Kier molecular flexibility index (Phi) is 13.6. The molecule has 8 atom stereocenters. The Morgan fingerprint density at radius 2 is 0.609 bits per heavy atom. The van der Waals surface area contributed by atoms with Crippen LogP contribution in [0.25, 0.3) is 0 Å². The molecule has 9 heterocycles. The molecular formula is C58H105N5O. The molecule has 0 aromatic rings. The van der Waals surface area contributed by atoms with Gasteiger partial charge in [0, 0.05) is 102 Å². The van der Waals surface area contributed by atoms with E-state index in [1.807, 2.05) is 0 Å². The van der Waals surface area contributed by atoms with Crippen molar-refractivity contribution in [2.75, 3.05) is 26.2 Å². The number of fused-ring (bicyclic) bond motifs is 9. The predicted octanol–water partition coefficient (Wildman–Crippen LogP) is 12.5. The number of hydrogen-bond acceptors (Lipinski definition) is 6. The van der Waals surface area contributed by atoms with Gasteiger partial charge in [0.1, 0.15) is 0 Å². The number of nitrogens with zero attached hydrogens (tertiary/aromatic N) is 5. The second-order valence-corrected chi connectivity index (χ2v) is 30.1. The average molecular weight is 889 g/mol. The van der Waals surface area contributed by atoms with Crippen molar-refractivity contribution in [3.63, 3.8) is 0 Å².